The van der Waals surface area contributed by atoms with Gasteiger partial charge in [0.15, 0.2) is 11.0 Å². The van der Waals surface area contributed by atoms with Gasteiger partial charge in [-0.3, -0.25) is 9.36 Å². The van der Waals surface area contributed by atoms with Gasteiger partial charge < -0.3 is 9.73 Å². The fraction of sp³-hybridized carbons (Fsp3) is 0.118. The highest BCUT2D eigenvalue weighted by atomic mass is 32.2. The zero-order valence-corrected chi connectivity index (χ0v) is 14.0. The van der Waals surface area contributed by atoms with E-state index in [2.05, 4.69) is 22.1 Å². The third-order valence-corrected chi connectivity index (χ3v) is 4.22. The summed E-state index contributed by atoms with van der Waals surface area (Å²) in [5.41, 5.74) is 1.21. The zero-order valence-electron chi connectivity index (χ0n) is 13.2. The molecule has 0 fully saturated rings. The highest BCUT2D eigenvalue weighted by Gasteiger charge is 2.15. The van der Waals surface area contributed by atoms with Crippen molar-refractivity contribution in [3.05, 3.63) is 61.3 Å². The topological polar surface area (TPSA) is 73.0 Å². The molecule has 0 spiro atoms. The molecule has 3 aromatic rings. The molecule has 0 saturated heterocycles. The number of halogens is 1. The van der Waals surface area contributed by atoms with Crippen LogP contribution in [0.15, 0.2) is 65.1 Å². The maximum Gasteiger partial charge on any atom is 0.234 e. The van der Waals surface area contributed by atoms with Gasteiger partial charge in [-0.15, -0.1) is 16.8 Å². The molecule has 1 N–H and O–H groups in total. The van der Waals surface area contributed by atoms with Crippen molar-refractivity contribution < 1.29 is 13.6 Å². The lowest BCUT2D eigenvalue weighted by Crippen LogP contribution is -2.14. The summed E-state index contributed by atoms with van der Waals surface area (Å²) in [5.74, 6) is 0.105. The number of thioether (sulfide) groups is 1. The van der Waals surface area contributed by atoms with Crippen LogP contribution < -0.4 is 5.32 Å². The smallest absolute Gasteiger partial charge is 0.234 e. The number of carbonyl (C=O) groups is 1. The lowest BCUT2D eigenvalue weighted by Gasteiger charge is -2.07. The predicted octanol–water partition coefficient (Wildman–Crippen LogP) is 3.59. The number of nitrogens with zero attached hydrogens (tertiary/aromatic N) is 3. The van der Waals surface area contributed by atoms with Gasteiger partial charge in [0.25, 0.3) is 0 Å². The van der Waals surface area contributed by atoms with E-state index in [-0.39, 0.29) is 11.7 Å². The maximum absolute atomic E-state index is 13.1. The number of nitrogens with one attached hydrogen (secondary N) is 1. The van der Waals surface area contributed by atoms with E-state index in [1.54, 1.807) is 30.7 Å². The summed E-state index contributed by atoms with van der Waals surface area (Å²) in [6.45, 7) is 4.24. The van der Waals surface area contributed by atoms with Gasteiger partial charge in [-0.1, -0.05) is 23.9 Å². The van der Waals surface area contributed by atoms with Gasteiger partial charge in [0.1, 0.15) is 12.1 Å². The Morgan fingerprint density at radius 2 is 2.28 bits per heavy atom. The minimum atomic E-state index is -0.402. The molecule has 0 aliphatic rings. The van der Waals surface area contributed by atoms with Crippen LogP contribution in [0.4, 0.5) is 10.1 Å². The number of benzene rings is 1. The molecular formula is C17H15FN4O2S. The normalized spacial score (nSPS) is 10.6. The average Bonchev–Trinajstić information content (AvgIpc) is 3.23. The fourth-order valence-corrected chi connectivity index (χ4v) is 2.94. The first-order chi connectivity index (χ1) is 12.2. The summed E-state index contributed by atoms with van der Waals surface area (Å²) in [6, 6.07) is 7.53. The second kappa shape index (κ2) is 7.80. The van der Waals surface area contributed by atoms with Gasteiger partial charge >= 0.3 is 0 Å². The number of allylic oxidation sites excluding steroid dienone is 1. The number of hydrogen-bond donors (Lipinski definition) is 1. The number of amides is 1. The van der Waals surface area contributed by atoms with Crippen LogP contribution in [0.5, 0.6) is 0 Å². The van der Waals surface area contributed by atoms with E-state index in [4.69, 9.17) is 4.42 Å². The molecule has 1 aromatic carbocycles. The van der Waals surface area contributed by atoms with E-state index in [1.807, 2.05) is 4.57 Å². The second-order valence-corrected chi connectivity index (χ2v) is 6.01. The monoisotopic (exact) mass is 358 g/mol. The molecule has 3 rings (SSSR count). The first-order valence-electron chi connectivity index (χ1n) is 7.42. The van der Waals surface area contributed by atoms with Crippen molar-refractivity contribution in [1.29, 1.82) is 0 Å². The van der Waals surface area contributed by atoms with Gasteiger partial charge in [-0.2, -0.15) is 0 Å². The summed E-state index contributed by atoms with van der Waals surface area (Å²) in [4.78, 5) is 12.1. The van der Waals surface area contributed by atoms with Crippen molar-refractivity contribution in [2.24, 2.45) is 0 Å². The standard InChI is InChI=1S/C17H15FN4O2S/c1-2-7-22-16(12-6-8-24-10-12)20-21-17(22)25-11-15(23)19-14-5-3-4-13(18)9-14/h2-6,8-10H,1,7,11H2,(H,19,23). The number of hydrogen-bond acceptors (Lipinski definition) is 5. The van der Waals surface area contributed by atoms with Crippen molar-refractivity contribution in [2.45, 2.75) is 11.7 Å². The first-order valence-corrected chi connectivity index (χ1v) is 8.41. The van der Waals surface area contributed by atoms with E-state index < -0.39 is 5.82 Å². The molecule has 0 atom stereocenters. The first kappa shape index (κ1) is 17.0. The highest BCUT2D eigenvalue weighted by Crippen LogP contribution is 2.24. The van der Waals surface area contributed by atoms with Crippen LogP contribution in [0.25, 0.3) is 11.4 Å². The van der Waals surface area contributed by atoms with E-state index in [0.717, 1.165) is 5.56 Å². The van der Waals surface area contributed by atoms with Crippen LogP contribution in [0.2, 0.25) is 0 Å². The number of aromatic nitrogens is 3. The molecule has 25 heavy (non-hydrogen) atoms. The number of carbonyl (C=O) groups excluding carboxylic acids is 1. The van der Waals surface area contributed by atoms with Crippen LogP contribution in [0.1, 0.15) is 0 Å². The Hall–Kier alpha value is -2.87. The van der Waals surface area contributed by atoms with E-state index in [1.165, 1.54) is 30.0 Å². The van der Waals surface area contributed by atoms with Crippen LogP contribution in [0, 0.1) is 5.82 Å². The minimum absolute atomic E-state index is 0.122. The van der Waals surface area contributed by atoms with Crippen LogP contribution >= 0.6 is 11.8 Å². The molecule has 0 aliphatic carbocycles. The molecular weight excluding hydrogens is 343 g/mol. The predicted molar refractivity (Wildman–Crippen MR) is 93.7 cm³/mol. The van der Waals surface area contributed by atoms with Gasteiger partial charge in [0.2, 0.25) is 5.91 Å². The third-order valence-electron chi connectivity index (χ3n) is 3.25. The second-order valence-electron chi connectivity index (χ2n) is 5.06. The minimum Gasteiger partial charge on any atom is -0.472 e. The Bertz CT molecular complexity index is 877. The Kier molecular flexibility index (Phi) is 5.30. The lowest BCUT2D eigenvalue weighted by atomic mass is 10.3. The molecule has 0 unspecified atom stereocenters. The molecule has 0 aliphatic heterocycles. The zero-order chi connectivity index (χ0) is 17.6. The van der Waals surface area contributed by atoms with Gasteiger partial charge in [0.05, 0.1) is 17.6 Å². The summed E-state index contributed by atoms with van der Waals surface area (Å²) in [6.07, 6.45) is 4.86. The Balaban J connectivity index is 1.68. The molecule has 0 radical (unpaired) electrons. The van der Waals surface area contributed by atoms with Crippen LogP contribution in [-0.2, 0) is 11.3 Å². The molecule has 1 amide bonds. The molecule has 6 nitrogen and oxygen atoms in total. The highest BCUT2D eigenvalue weighted by molar-refractivity contribution is 7.99. The van der Waals surface area contributed by atoms with Crippen molar-refractivity contribution in [3.8, 4) is 11.4 Å². The van der Waals surface area contributed by atoms with Crippen molar-refractivity contribution in [2.75, 3.05) is 11.1 Å². The summed E-state index contributed by atoms with van der Waals surface area (Å²) in [5, 5.41) is 11.5. The fourth-order valence-electron chi connectivity index (χ4n) is 2.19. The van der Waals surface area contributed by atoms with Crippen LogP contribution in [-0.4, -0.2) is 26.4 Å². The third kappa shape index (κ3) is 4.16. The quantitative estimate of drug-likeness (QED) is 0.516. The van der Waals surface area contributed by atoms with E-state index in [9.17, 15) is 9.18 Å². The van der Waals surface area contributed by atoms with Crippen LogP contribution in [0.3, 0.4) is 0 Å². The maximum atomic E-state index is 13.1. The number of rotatable bonds is 7. The van der Waals surface area contributed by atoms with E-state index in [0.29, 0.717) is 23.2 Å². The molecule has 0 saturated carbocycles. The molecule has 8 heteroatoms. The molecule has 0 bridgehead atoms. The van der Waals surface area contributed by atoms with Crippen molar-refractivity contribution >= 4 is 23.4 Å². The van der Waals surface area contributed by atoms with Gasteiger partial charge in [0, 0.05) is 12.2 Å². The summed E-state index contributed by atoms with van der Waals surface area (Å²) >= 11 is 1.24. The molecule has 128 valence electrons. The largest absolute Gasteiger partial charge is 0.472 e. The van der Waals surface area contributed by atoms with Crippen molar-refractivity contribution in [1.82, 2.24) is 14.8 Å². The SMILES string of the molecule is C=CCn1c(SCC(=O)Nc2cccc(F)c2)nnc1-c1ccoc1. The number of furan rings is 1. The Morgan fingerprint density at radius 1 is 1.40 bits per heavy atom. The van der Waals surface area contributed by atoms with Gasteiger partial charge in [-0.05, 0) is 24.3 Å². The van der Waals surface area contributed by atoms with Gasteiger partial charge in [-0.25, -0.2) is 4.39 Å². The lowest BCUT2D eigenvalue weighted by molar-refractivity contribution is -0.113. The molecule has 2 aromatic heterocycles. The average molecular weight is 358 g/mol. The summed E-state index contributed by atoms with van der Waals surface area (Å²) < 4.78 is 20.1. The number of anilines is 1. The van der Waals surface area contributed by atoms with E-state index >= 15 is 0 Å². The Labute approximate surface area is 147 Å². The summed E-state index contributed by atoms with van der Waals surface area (Å²) in [7, 11) is 0. The van der Waals surface area contributed by atoms with Crippen molar-refractivity contribution in [3.63, 3.8) is 0 Å². The molecule has 2 heterocycles. The Morgan fingerprint density at radius 3 is 3.00 bits per heavy atom.